The van der Waals surface area contributed by atoms with Gasteiger partial charge in [-0.05, 0) is 32.9 Å². The van der Waals surface area contributed by atoms with E-state index in [2.05, 4.69) is 5.32 Å². The van der Waals surface area contributed by atoms with Crippen molar-refractivity contribution in [1.29, 1.82) is 0 Å². The van der Waals surface area contributed by atoms with Gasteiger partial charge in [0.05, 0.1) is 6.61 Å². The van der Waals surface area contributed by atoms with Crippen molar-refractivity contribution in [2.24, 2.45) is 0 Å². The first-order valence-electron chi connectivity index (χ1n) is 6.35. The van der Waals surface area contributed by atoms with E-state index < -0.39 is 5.97 Å². The molecule has 0 saturated carbocycles. The molecule has 1 rings (SSSR count). The molecule has 1 aromatic rings. The van der Waals surface area contributed by atoms with Gasteiger partial charge in [0, 0.05) is 17.8 Å². The minimum atomic E-state index is -0.425. The van der Waals surface area contributed by atoms with Crippen LogP contribution in [0, 0.1) is 0 Å². The molecule has 0 saturated heterocycles. The van der Waals surface area contributed by atoms with Crippen LogP contribution >= 0.6 is 0 Å². The molecule has 0 aliphatic rings. The van der Waals surface area contributed by atoms with Crippen LogP contribution in [0.15, 0.2) is 35.9 Å². The van der Waals surface area contributed by atoms with Crippen molar-refractivity contribution < 1.29 is 19.1 Å². The number of amides is 1. The molecule has 0 aliphatic carbocycles. The van der Waals surface area contributed by atoms with Crippen molar-refractivity contribution in [2.45, 2.75) is 20.8 Å². The Morgan fingerprint density at radius 3 is 2.70 bits per heavy atom. The summed E-state index contributed by atoms with van der Waals surface area (Å²) in [4.78, 5) is 22.8. The molecule has 1 aromatic carbocycles. The molecule has 0 aliphatic heterocycles. The molecule has 0 bridgehead atoms. The topological polar surface area (TPSA) is 64.6 Å². The monoisotopic (exact) mass is 277 g/mol. The summed E-state index contributed by atoms with van der Waals surface area (Å²) in [6.45, 7) is 5.59. The summed E-state index contributed by atoms with van der Waals surface area (Å²) in [6, 6.07) is 6.83. The van der Waals surface area contributed by atoms with Crippen LogP contribution in [0.1, 0.15) is 20.8 Å². The van der Waals surface area contributed by atoms with Crippen molar-refractivity contribution in [3.05, 3.63) is 35.9 Å². The van der Waals surface area contributed by atoms with Crippen molar-refractivity contribution in [1.82, 2.24) is 0 Å². The molecule has 1 amide bonds. The van der Waals surface area contributed by atoms with Crippen molar-refractivity contribution in [2.75, 3.05) is 18.5 Å². The zero-order valence-electron chi connectivity index (χ0n) is 11.9. The predicted molar refractivity (Wildman–Crippen MR) is 76.6 cm³/mol. The minimum absolute atomic E-state index is 0.154. The summed E-state index contributed by atoms with van der Waals surface area (Å²) in [5.74, 6) is -0.132. The zero-order chi connectivity index (χ0) is 15.0. The first-order valence-corrected chi connectivity index (χ1v) is 6.35. The lowest BCUT2D eigenvalue weighted by molar-refractivity contribution is -0.145. The van der Waals surface area contributed by atoms with Gasteiger partial charge in [-0.3, -0.25) is 4.79 Å². The average molecular weight is 277 g/mol. The van der Waals surface area contributed by atoms with Crippen molar-refractivity contribution in [3.8, 4) is 5.75 Å². The molecular formula is C15H19NO4. The number of benzene rings is 1. The Balaban J connectivity index is 2.59. The summed E-state index contributed by atoms with van der Waals surface area (Å²) in [6.07, 6.45) is 1.51. The number of nitrogens with one attached hydrogen (secondary N) is 1. The lowest BCUT2D eigenvalue weighted by atomic mass is 10.2. The lowest BCUT2D eigenvalue weighted by Gasteiger charge is -2.08. The van der Waals surface area contributed by atoms with Gasteiger partial charge in [-0.2, -0.15) is 0 Å². The van der Waals surface area contributed by atoms with Gasteiger partial charge in [-0.25, -0.2) is 4.79 Å². The Morgan fingerprint density at radius 2 is 2.05 bits per heavy atom. The van der Waals surface area contributed by atoms with E-state index in [0.29, 0.717) is 18.0 Å². The van der Waals surface area contributed by atoms with E-state index in [0.717, 1.165) is 5.57 Å². The van der Waals surface area contributed by atoms with Crippen LogP contribution in [-0.4, -0.2) is 25.1 Å². The van der Waals surface area contributed by atoms with Crippen LogP contribution in [0.2, 0.25) is 0 Å². The van der Waals surface area contributed by atoms with Crippen LogP contribution in [0.5, 0.6) is 5.75 Å². The fraction of sp³-hybridized carbons (Fsp3) is 0.333. The highest BCUT2D eigenvalue weighted by Crippen LogP contribution is 2.17. The third kappa shape index (κ3) is 6.04. The van der Waals surface area contributed by atoms with Gasteiger partial charge in [-0.1, -0.05) is 11.6 Å². The smallest absolute Gasteiger partial charge is 0.344 e. The molecule has 0 fully saturated rings. The number of ether oxygens (including phenoxy) is 2. The molecule has 1 N–H and O–H groups in total. The summed E-state index contributed by atoms with van der Waals surface area (Å²) in [5.41, 5.74) is 1.52. The first-order chi connectivity index (χ1) is 9.51. The van der Waals surface area contributed by atoms with Crippen LogP contribution in [0.4, 0.5) is 5.69 Å². The third-order valence-corrected chi connectivity index (χ3v) is 2.18. The molecule has 5 nitrogen and oxygen atoms in total. The fourth-order valence-corrected chi connectivity index (χ4v) is 1.45. The zero-order valence-corrected chi connectivity index (χ0v) is 11.9. The molecule has 108 valence electrons. The fourth-order valence-electron chi connectivity index (χ4n) is 1.45. The van der Waals surface area contributed by atoms with Gasteiger partial charge in [0.15, 0.2) is 6.61 Å². The molecule has 20 heavy (non-hydrogen) atoms. The number of hydrogen-bond donors (Lipinski definition) is 1. The maximum absolute atomic E-state index is 11.6. The number of hydrogen-bond acceptors (Lipinski definition) is 4. The number of anilines is 1. The second kappa shape index (κ2) is 7.99. The predicted octanol–water partition coefficient (Wildman–Crippen LogP) is 2.53. The Bertz CT molecular complexity index is 504. The maximum Gasteiger partial charge on any atom is 0.344 e. The summed E-state index contributed by atoms with van der Waals surface area (Å²) >= 11 is 0. The van der Waals surface area contributed by atoms with E-state index in [4.69, 9.17) is 9.47 Å². The van der Waals surface area contributed by atoms with E-state index in [9.17, 15) is 9.59 Å². The standard InChI is InChI=1S/C15H19NO4/c1-4-19-15(18)10-20-13-7-5-6-12(9-13)16-14(17)8-11(2)3/h5-9H,4,10H2,1-3H3,(H,16,17). The molecule has 0 unspecified atom stereocenters. The number of allylic oxidation sites excluding steroid dienone is 1. The van der Waals surface area contributed by atoms with Crippen LogP contribution in [0.3, 0.4) is 0 Å². The molecular weight excluding hydrogens is 258 g/mol. The molecule has 5 heteroatoms. The largest absolute Gasteiger partial charge is 0.482 e. The maximum atomic E-state index is 11.6. The SMILES string of the molecule is CCOC(=O)COc1cccc(NC(=O)C=C(C)C)c1. The van der Waals surface area contributed by atoms with Crippen LogP contribution in [-0.2, 0) is 14.3 Å². The number of carbonyl (C=O) groups excluding carboxylic acids is 2. The van der Waals surface area contributed by atoms with Gasteiger partial charge in [0.2, 0.25) is 5.91 Å². The average Bonchev–Trinajstić information content (AvgIpc) is 2.36. The third-order valence-electron chi connectivity index (χ3n) is 2.18. The van der Waals surface area contributed by atoms with Crippen molar-refractivity contribution >= 4 is 17.6 Å². The first kappa shape index (κ1) is 15.8. The van der Waals surface area contributed by atoms with E-state index in [-0.39, 0.29) is 12.5 Å². The summed E-state index contributed by atoms with van der Waals surface area (Å²) < 4.78 is 10.0. The number of carbonyl (C=O) groups is 2. The highest BCUT2D eigenvalue weighted by Gasteiger charge is 2.04. The van der Waals surface area contributed by atoms with E-state index >= 15 is 0 Å². The second-order valence-electron chi connectivity index (χ2n) is 4.33. The Labute approximate surface area is 118 Å². The van der Waals surface area contributed by atoms with E-state index in [1.807, 2.05) is 13.8 Å². The highest BCUT2D eigenvalue weighted by molar-refractivity contribution is 5.99. The molecule has 0 radical (unpaired) electrons. The summed E-state index contributed by atoms with van der Waals surface area (Å²) in [7, 11) is 0. The van der Waals surface area contributed by atoms with Gasteiger partial charge >= 0.3 is 5.97 Å². The molecule has 0 atom stereocenters. The van der Waals surface area contributed by atoms with E-state index in [1.54, 1.807) is 31.2 Å². The van der Waals surface area contributed by atoms with Crippen LogP contribution < -0.4 is 10.1 Å². The number of esters is 1. The normalized spacial score (nSPS) is 9.55. The van der Waals surface area contributed by atoms with Gasteiger partial charge < -0.3 is 14.8 Å². The van der Waals surface area contributed by atoms with E-state index in [1.165, 1.54) is 6.08 Å². The highest BCUT2D eigenvalue weighted by atomic mass is 16.6. The second-order valence-corrected chi connectivity index (χ2v) is 4.33. The Morgan fingerprint density at radius 1 is 1.30 bits per heavy atom. The Hall–Kier alpha value is -2.30. The molecule has 0 heterocycles. The van der Waals surface area contributed by atoms with Gasteiger partial charge in [-0.15, -0.1) is 0 Å². The molecule has 0 aromatic heterocycles. The summed E-state index contributed by atoms with van der Waals surface area (Å²) in [5, 5.41) is 2.71. The van der Waals surface area contributed by atoms with Gasteiger partial charge in [0.25, 0.3) is 0 Å². The van der Waals surface area contributed by atoms with Crippen molar-refractivity contribution in [3.63, 3.8) is 0 Å². The Kier molecular flexibility index (Phi) is 6.29. The molecule has 0 spiro atoms. The van der Waals surface area contributed by atoms with Gasteiger partial charge in [0.1, 0.15) is 5.75 Å². The lowest BCUT2D eigenvalue weighted by Crippen LogP contribution is -2.14. The quantitative estimate of drug-likeness (QED) is 0.641. The number of rotatable bonds is 6. The van der Waals surface area contributed by atoms with Crippen LogP contribution in [0.25, 0.3) is 0 Å². The minimum Gasteiger partial charge on any atom is -0.482 e.